The molecule has 3 rings (SSSR count). The van der Waals surface area contributed by atoms with Crippen LogP contribution >= 0.6 is 0 Å². The molecule has 1 amide bonds. The van der Waals surface area contributed by atoms with E-state index in [4.69, 9.17) is 0 Å². The monoisotopic (exact) mass is 323 g/mol. The maximum absolute atomic E-state index is 12.3. The van der Waals surface area contributed by atoms with E-state index in [2.05, 4.69) is 24.1 Å². The second-order valence-corrected chi connectivity index (χ2v) is 5.99. The Morgan fingerprint density at radius 2 is 2.04 bits per heavy atom. The summed E-state index contributed by atoms with van der Waals surface area (Å²) >= 11 is 0. The molecule has 0 aliphatic heterocycles. The van der Waals surface area contributed by atoms with Crippen molar-refractivity contribution in [3.8, 4) is 0 Å². The number of amides is 1. The maximum Gasteiger partial charge on any atom is 0.267 e. The van der Waals surface area contributed by atoms with Crippen molar-refractivity contribution in [2.24, 2.45) is 0 Å². The van der Waals surface area contributed by atoms with Crippen molar-refractivity contribution in [1.29, 1.82) is 0 Å². The highest BCUT2D eigenvalue weighted by atomic mass is 16.2. The molecule has 0 spiro atoms. The van der Waals surface area contributed by atoms with Crippen LogP contribution in [-0.2, 0) is 6.54 Å². The third-order valence-electron chi connectivity index (χ3n) is 4.35. The van der Waals surface area contributed by atoms with Crippen LogP contribution in [-0.4, -0.2) is 22.0 Å². The van der Waals surface area contributed by atoms with Gasteiger partial charge in [-0.05, 0) is 49.6 Å². The molecule has 124 valence electrons. The Balaban J connectivity index is 1.60. The molecule has 0 atom stereocenters. The summed E-state index contributed by atoms with van der Waals surface area (Å²) in [4.78, 5) is 27.0. The number of aromatic nitrogens is 2. The predicted octanol–water partition coefficient (Wildman–Crippen LogP) is 2.77. The summed E-state index contributed by atoms with van der Waals surface area (Å²) in [7, 11) is 0. The van der Waals surface area contributed by atoms with Gasteiger partial charge in [-0.2, -0.15) is 0 Å². The largest absolute Gasteiger partial charge is 0.351 e. The Morgan fingerprint density at radius 3 is 2.83 bits per heavy atom. The fraction of sp³-hybridized carbons (Fsp3) is 0.263. The molecule has 2 heterocycles. The van der Waals surface area contributed by atoms with Crippen molar-refractivity contribution in [3.63, 3.8) is 0 Å². The summed E-state index contributed by atoms with van der Waals surface area (Å²) in [6, 6.07) is 11.0. The van der Waals surface area contributed by atoms with Crippen LogP contribution in [0.3, 0.4) is 0 Å². The lowest BCUT2D eigenvalue weighted by Crippen LogP contribution is -2.27. The van der Waals surface area contributed by atoms with Crippen LogP contribution in [0, 0.1) is 13.8 Å². The predicted molar refractivity (Wildman–Crippen MR) is 95.4 cm³/mol. The van der Waals surface area contributed by atoms with Crippen LogP contribution in [0.5, 0.6) is 0 Å². The molecule has 2 N–H and O–H groups in total. The van der Waals surface area contributed by atoms with Gasteiger partial charge >= 0.3 is 0 Å². The van der Waals surface area contributed by atoms with Gasteiger partial charge in [-0.15, -0.1) is 0 Å². The zero-order chi connectivity index (χ0) is 17.1. The molecule has 0 aliphatic rings. The number of aromatic amines is 1. The number of nitrogens with zero attached hydrogens (tertiary/aromatic N) is 1. The maximum atomic E-state index is 12.3. The first-order chi connectivity index (χ1) is 11.6. The fourth-order valence-corrected chi connectivity index (χ4v) is 2.77. The average Bonchev–Trinajstić information content (AvgIpc) is 3.01. The van der Waals surface area contributed by atoms with Crippen molar-refractivity contribution in [1.82, 2.24) is 14.9 Å². The Labute approximate surface area is 140 Å². The molecule has 5 nitrogen and oxygen atoms in total. The van der Waals surface area contributed by atoms with E-state index < -0.39 is 0 Å². The van der Waals surface area contributed by atoms with Gasteiger partial charge in [-0.25, -0.2) is 0 Å². The minimum Gasteiger partial charge on any atom is -0.351 e. The number of benzene rings is 1. The molecule has 3 aromatic rings. The molecule has 0 saturated carbocycles. The normalized spacial score (nSPS) is 10.9. The van der Waals surface area contributed by atoms with Gasteiger partial charge in [-0.1, -0.05) is 12.1 Å². The van der Waals surface area contributed by atoms with Crippen LogP contribution in [0.4, 0.5) is 0 Å². The van der Waals surface area contributed by atoms with Crippen molar-refractivity contribution >= 4 is 16.8 Å². The molecule has 1 aromatic carbocycles. The topological polar surface area (TPSA) is 66.9 Å². The van der Waals surface area contributed by atoms with Crippen LogP contribution in [0.1, 0.15) is 28.0 Å². The number of carbonyl (C=O) groups is 1. The Morgan fingerprint density at radius 1 is 1.21 bits per heavy atom. The van der Waals surface area contributed by atoms with E-state index in [1.54, 1.807) is 16.8 Å². The van der Waals surface area contributed by atoms with E-state index in [-0.39, 0.29) is 11.5 Å². The summed E-state index contributed by atoms with van der Waals surface area (Å²) in [5.74, 6) is -0.122. The van der Waals surface area contributed by atoms with Gasteiger partial charge in [-0.3, -0.25) is 9.59 Å². The molecule has 24 heavy (non-hydrogen) atoms. The number of pyridine rings is 1. The molecule has 0 radical (unpaired) electrons. The summed E-state index contributed by atoms with van der Waals surface area (Å²) in [6.45, 7) is 5.23. The molecule has 0 aliphatic carbocycles. The van der Waals surface area contributed by atoms with Crippen LogP contribution in [0.2, 0.25) is 0 Å². The third-order valence-corrected chi connectivity index (χ3v) is 4.35. The molecule has 0 saturated heterocycles. The van der Waals surface area contributed by atoms with Gasteiger partial charge in [0, 0.05) is 36.3 Å². The van der Waals surface area contributed by atoms with E-state index in [0.29, 0.717) is 25.2 Å². The standard InChI is InChI=1S/C19H21N3O2/c1-13-7-8-16-15(14(13)2)12-17(21-16)19(24)20-9-5-11-22-10-4-3-6-18(22)23/h3-4,6-8,10,12,21H,5,9,11H2,1-2H3,(H,20,24). The lowest BCUT2D eigenvalue weighted by atomic mass is 10.1. The summed E-state index contributed by atoms with van der Waals surface area (Å²) in [6.07, 6.45) is 2.46. The molecule has 2 aromatic heterocycles. The van der Waals surface area contributed by atoms with Crippen molar-refractivity contribution < 1.29 is 4.79 Å². The Kier molecular flexibility index (Phi) is 4.51. The van der Waals surface area contributed by atoms with Gasteiger partial charge in [0.2, 0.25) is 5.56 Å². The SMILES string of the molecule is Cc1ccc2[nH]c(C(=O)NCCCn3ccccc3=O)cc2c1C. The highest BCUT2D eigenvalue weighted by Crippen LogP contribution is 2.22. The summed E-state index contributed by atoms with van der Waals surface area (Å²) < 4.78 is 1.64. The van der Waals surface area contributed by atoms with Crippen molar-refractivity contribution in [3.05, 3.63) is 69.8 Å². The van der Waals surface area contributed by atoms with E-state index >= 15 is 0 Å². The number of rotatable bonds is 5. The molecule has 5 heteroatoms. The van der Waals surface area contributed by atoms with Gasteiger partial charge in [0.1, 0.15) is 5.69 Å². The first-order valence-corrected chi connectivity index (χ1v) is 8.09. The number of carbonyl (C=O) groups excluding carboxylic acids is 1. The van der Waals surface area contributed by atoms with Gasteiger partial charge in [0.05, 0.1) is 0 Å². The Bertz CT molecular complexity index is 937. The summed E-state index contributed by atoms with van der Waals surface area (Å²) in [5, 5.41) is 3.98. The minimum atomic E-state index is -0.122. The quantitative estimate of drug-likeness (QED) is 0.709. The smallest absolute Gasteiger partial charge is 0.267 e. The van der Waals surface area contributed by atoms with Gasteiger partial charge in [0.25, 0.3) is 5.91 Å². The van der Waals surface area contributed by atoms with Crippen molar-refractivity contribution in [2.75, 3.05) is 6.54 Å². The van der Waals surface area contributed by atoms with Crippen molar-refractivity contribution in [2.45, 2.75) is 26.8 Å². The number of hydrogen-bond donors (Lipinski definition) is 2. The minimum absolute atomic E-state index is 0.0229. The van der Waals surface area contributed by atoms with E-state index in [0.717, 1.165) is 10.9 Å². The second-order valence-electron chi connectivity index (χ2n) is 5.99. The van der Waals surface area contributed by atoms with Crippen LogP contribution < -0.4 is 10.9 Å². The summed E-state index contributed by atoms with van der Waals surface area (Å²) in [5.41, 5.74) is 3.91. The third kappa shape index (κ3) is 3.25. The molecular weight excluding hydrogens is 302 g/mol. The van der Waals surface area contributed by atoms with E-state index in [1.165, 1.54) is 17.2 Å². The van der Waals surface area contributed by atoms with Gasteiger partial charge < -0.3 is 14.9 Å². The lowest BCUT2D eigenvalue weighted by Gasteiger charge is -2.06. The van der Waals surface area contributed by atoms with E-state index in [9.17, 15) is 9.59 Å². The lowest BCUT2D eigenvalue weighted by molar-refractivity contribution is 0.0948. The first-order valence-electron chi connectivity index (χ1n) is 8.09. The number of aryl methyl sites for hydroxylation is 3. The molecule has 0 fully saturated rings. The van der Waals surface area contributed by atoms with Gasteiger partial charge in [0.15, 0.2) is 0 Å². The number of nitrogens with one attached hydrogen (secondary N) is 2. The number of H-pyrrole nitrogens is 1. The average molecular weight is 323 g/mol. The van der Waals surface area contributed by atoms with Crippen LogP contribution in [0.25, 0.3) is 10.9 Å². The van der Waals surface area contributed by atoms with E-state index in [1.807, 2.05) is 24.3 Å². The van der Waals surface area contributed by atoms with Crippen LogP contribution in [0.15, 0.2) is 47.4 Å². The fourth-order valence-electron chi connectivity index (χ4n) is 2.77. The highest BCUT2D eigenvalue weighted by Gasteiger charge is 2.11. The number of hydrogen-bond acceptors (Lipinski definition) is 2. The zero-order valence-corrected chi connectivity index (χ0v) is 13.9. The number of fused-ring (bicyclic) bond motifs is 1. The second kappa shape index (κ2) is 6.74. The molecular formula is C19H21N3O2. The highest BCUT2D eigenvalue weighted by molar-refractivity contribution is 5.99. The first kappa shape index (κ1) is 16.1. The Hall–Kier alpha value is -2.82. The molecule has 0 bridgehead atoms. The zero-order valence-electron chi connectivity index (χ0n) is 13.9. The molecule has 0 unspecified atom stereocenters.